The summed E-state index contributed by atoms with van der Waals surface area (Å²) >= 11 is 0. The molecule has 0 spiro atoms. The Hall–Kier alpha value is -1.02. The molecule has 0 bridgehead atoms. The molecule has 3 N–H and O–H groups in total. The number of benzene rings is 1. The lowest BCUT2D eigenvalue weighted by molar-refractivity contribution is 0.296. The van der Waals surface area contributed by atoms with E-state index in [1.165, 1.54) is 0 Å². The average molecular weight is 207 g/mol. The molecular weight excluding hydrogens is 186 g/mol. The van der Waals surface area contributed by atoms with Gasteiger partial charge in [0.15, 0.2) is 0 Å². The van der Waals surface area contributed by atoms with Crippen molar-refractivity contribution in [1.29, 1.82) is 0 Å². The number of phenols is 1. The number of hydrogen-bond donors (Lipinski definition) is 2. The molecule has 0 aliphatic heterocycles. The van der Waals surface area contributed by atoms with Crippen molar-refractivity contribution >= 4 is 0 Å². The Labute approximate surface area is 92.1 Å². The fourth-order valence-electron chi connectivity index (χ4n) is 1.78. The number of hydrogen-bond acceptors (Lipinski definition) is 2. The van der Waals surface area contributed by atoms with Crippen LogP contribution in [-0.2, 0) is 6.42 Å². The number of nitrogens with two attached hydrogens (primary N) is 1. The zero-order valence-corrected chi connectivity index (χ0v) is 9.83. The first-order valence-corrected chi connectivity index (χ1v) is 5.54. The minimum Gasteiger partial charge on any atom is -0.508 e. The zero-order valence-electron chi connectivity index (χ0n) is 9.83. The van der Waals surface area contributed by atoms with Gasteiger partial charge in [0.25, 0.3) is 0 Å². The lowest BCUT2D eigenvalue weighted by atomic mass is 9.80. The highest BCUT2D eigenvalue weighted by atomic mass is 16.3. The standard InChI is InChI=1S/C13H21NO/c1-4-13(14,10(2)3)9-11-6-5-7-12(15)8-11/h5-8,10,15H,4,9,14H2,1-3H3. The van der Waals surface area contributed by atoms with E-state index in [1.54, 1.807) is 12.1 Å². The molecule has 2 heteroatoms. The minimum absolute atomic E-state index is 0.173. The second-order valence-corrected chi connectivity index (χ2v) is 4.59. The SMILES string of the molecule is CCC(N)(Cc1cccc(O)c1)C(C)C. The van der Waals surface area contributed by atoms with Crippen LogP contribution in [0.5, 0.6) is 5.75 Å². The molecule has 1 aromatic rings. The summed E-state index contributed by atoms with van der Waals surface area (Å²) in [5.74, 6) is 0.750. The minimum atomic E-state index is -0.173. The highest BCUT2D eigenvalue weighted by Crippen LogP contribution is 2.24. The zero-order chi connectivity index (χ0) is 11.5. The van der Waals surface area contributed by atoms with Gasteiger partial charge < -0.3 is 10.8 Å². The Morgan fingerprint density at radius 3 is 2.53 bits per heavy atom. The molecule has 1 atom stereocenters. The maximum atomic E-state index is 9.38. The van der Waals surface area contributed by atoms with Gasteiger partial charge in [0, 0.05) is 5.54 Å². The lowest BCUT2D eigenvalue weighted by Gasteiger charge is -2.32. The van der Waals surface area contributed by atoms with Crippen LogP contribution in [0.1, 0.15) is 32.8 Å². The van der Waals surface area contributed by atoms with Gasteiger partial charge in [-0.1, -0.05) is 32.9 Å². The second-order valence-electron chi connectivity index (χ2n) is 4.59. The molecule has 1 rings (SSSR count). The number of phenolic OH excluding ortho intramolecular Hbond substituents is 1. The molecule has 1 unspecified atom stereocenters. The molecule has 1 aromatic carbocycles. The van der Waals surface area contributed by atoms with E-state index in [9.17, 15) is 5.11 Å². The van der Waals surface area contributed by atoms with E-state index in [2.05, 4.69) is 20.8 Å². The predicted molar refractivity (Wildman–Crippen MR) is 63.9 cm³/mol. The molecule has 2 nitrogen and oxygen atoms in total. The summed E-state index contributed by atoms with van der Waals surface area (Å²) in [4.78, 5) is 0. The van der Waals surface area contributed by atoms with Crippen molar-refractivity contribution in [2.24, 2.45) is 11.7 Å². The highest BCUT2D eigenvalue weighted by molar-refractivity contribution is 5.28. The Bertz CT molecular complexity index is 322. The largest absolute Gasteiger partial charge is 0.508 e. The van der Waals surface area contributed by atoms with Crippen LogP contribution < -0.4 is 5.73 Å². The summed E-state index contributed by atoms with van der Waals surface area (Å²) in [7, 11) is 0. The quantitative estimate of drug-likeness (QED) is 0.797. The number of aromatic hydroxyl groups is 1. The molecular formula is C13H21NO. The van der Waals surface area contributed by atoms with Gasteiger partial charge in [-0.25, -0.2) is 0 Å². The van der Waals surface area contributed by atoms with Crippen molar-refractivity contribution in [3.05, 3.63) is 29.8 Å². The van der Waals surface area contributed by atoms with Crippen molar-refractivity contribution in [3.63, 3.8) is 0 Å². The van der Waals surface area contributed by atoms with Crippen molar-refractivity contribution in [3.8, 4) is 5.75 Å². The van der Waals surface area contributed by atoms with Gasteiger partial charge in [-0.05, 0) is 36.5 Å². The Kier molecular flexibility index (Phi) is 3.75. The summed E-state index contributed by atoms with van der Waals surface area (Å²) in [6.07, 6.45) is 1.76. The first-order valence-electron chi connectivity index (χ1n) is 5.54. The van der Waals surface area contributed by atoms with E-state index < -0.39 is 0 Å². The van der Waals surface area contributed by atoms with E-state index in [0.29, 0.717) is 11.7 Å². The van der Waals surface area contributed by atoms with Gasteiger partial charge in [-0.2, -0.15) is 0 Å². The molecule has 15 heavy (non-hydrogen) atoms. The fourth-order valence-corrected chi connectivity index (χ4v) is 1.78. The topological polar surface area (TPSA) is 46.2 Å². The molecule has 0 aliphatic carbocycles. The van der Waals surface area contributed by atoms with Gasteiger partial charge in [-0.3, -0.25) is 0 Å². The third-order valence-corrected chi connectivity index (χ3v) is 3.25. The third kappa shape index (κ3) is 2.96. The molecule has 0 radical (unpaired) electrons. The maximum absolute atomic E-state index is 9.38. The van der Waals surface area contributed by atoms with Gasteiger partial charge in [0.1, 0.15) is 5.75 Å². The van der Waals surface area contributed by atoms with Gasteiger partial charge >= 0.3 is 0 Å². The van der Waals surface area contributed by atoms with Gasteiger partial charge in [0.05, 0.1) is 0 Å². The summed E-state index contributed by atoms with van der Waals surface area (Å²) in [5.41, 5.74) is 7.27. The van der Waals surface area contributed by atoms with Crippen molar-refractivity contribution in [2.45, 2.75) is 39.2 Å². The van der Waals surface area contributed by atoms with Crippen molar-refractivity contribution < 1.29 is 5.11 Å². The van der Waals surface area contributed by atoms with E-state index in [-0.39, 0.29) is 5.54 Å². The molecule has 0 saturated carbocycles. The molecule has 0 aliphatic rings. The van der Waals surface area contributed by atoms with E-state index >= 15 is 0 Å². The summed E-state index contributed by atoms with van der Waals surface area (Å²) in [6.45, 7) is 6.40. The Balaban J connectivity index is 2.84. The van der Waals surface area contributed by atoms with E-state index in [1.807, 2.05) is 12.1 Å². The van der Waals surface area contributed by atoms with Crippen LogP contribution in [0.15, 0.2) is 24.3 Å². The Morgan fingerprint density at radius 1 is 1.40 bits per heavy atom. The van der Waals surface area contributed by atoms with Crippen LogP contribution in [0, 0.1) is 5.92 Å². The smallest absolute Gasteiger partial charge is 0.115 e. The maximum Gasteiger partial charge on any atom is 0.115 e. The van der Waals surface area contributed by atoms with E-state index in [0.717, 1.165) is 18.4 Å². The fraction of sp³-hybridized carbons (Fsp3) is 0.538. The van der Waals surface area contributed by atoms with Crippen molar-refractivity contribution in [1.82, 2.24) is 0 Å². The molecule has 0 amide bonds. The van der Waals surface area contributed by atoms with Crippen LogP contribution in [0.2, 0.25) is 0 Å². The molecule has 0 fully saturated rings. The van der Waals surface area contributed by atoms with Crippen LogP contribution in [0.25, 0.3) is 0 Å². The van der Waals surface area contributed by atoms with Gasteiger partial charge in [-0.15, -0.1) is 0 Å². The first-order chi connectivity index (χ1) is 6.98. The monoisotopic (exact) mass is 207 g/mol. The molecule has 0 heterocycles. The highest BCUT2D eigenvalue weighted by Gasteiger charge is 2.27. The average Bonchev–Trinajstić information content (AvgIpc) is 2.17. The first kappa shape index (κ1) is 12.1. The molecule has 0 saturated heterocycles. The second kappa shape index (κ2) is 4.67. The third-order valence-electron chi connectivity index (χ3n) is 3.25. The normalized spacial score (nSPS) is 15.3. The number of rotatable bonds is 4. The molecule has 84 valence electrons. The van der Waals surface area contributed by atoms with Crippen LogP contribution in [-0.4, -0.2) is 10.6 Å². The van der Waals surface area contributed by atoms with Crippen LogP contribution in [0.4, 0.5) is 0 Å². The van der Waals surface area contributed by atoms with E-state index in [4.69, 9.17) is 5.73 Å². The summed E-state index contributed by atoms with van der Waals surface area (Å²) in [5, 5.41) is 9.38. The summed E-state index contributed by atoms with van der Waals surface area (Å²) in [6, 6.07) is 7.35. The van der Waals surface area contributed by atoms with Crippen LogP contribution >= 0.6 is 0 Å². The Morgan fingerprint density at radius 2 is 2.07 bits per heavy atom. The molecule has 0 aromatic heterocycles. The van der Waals surface area contributed by atoms with Gasteiger partial charge in [0.2, 0.25) is 0 Å². The summed E-state index contributed by atoms with van der Waals surface area (Å²) < 4.78 is 0. The van der Waals surface area contributed by atoms with Crippen LogP contribution in [0.3, 0.4) is 0 Å². The lowest BCUT2D eigenvalue weighted by Crippen LogP contribution is -2.46. The van der Waals surface area contributed by atoms with Crippen molar-refractivity contribution in [2.75, 3.05) is 0 Å². The predicted octanol–water partition coefficient (Wildman–Crippen LogP) is 2.70.